The summed E-state index contributed by atoms with van der Waals surface area (Å²) in [4.78, 5) is 27.4. The standard InChI is InChI=1S/C21H28N2O3/c24-19(16-5-2-1-3-6-16)26-18-9-7-17(8-10-18)23-14-12-21(20(23)25)11-4-13-22-15-21/h1-3,5-6,17-18,22H,4,7-15H2/t17?,18?,21-/m1/s1. The molecule has 140 valence electrons. The van der Waals surface area contributed by atoms with Crippen molar-refractivity contribution in [3.63, 3.8) is 0 Å². The largest absolute Gasteiger partial charge is 0.459 e. The van der Waals surface area contributed by atoms with Crippen molar-refractivity contribution >= 4 is 11.9 Å². The van der Waals surface area contributed by atoms with E-state index in [-0.39, 0.29) is 17.5 Å². The molecule has 1 amide bonds. The molecule has 1 saturated carbocycles. The van der Waals surface area contributed by atoms with Crippen LogP contribution >= 0.6 is 0 Å². The first-order valence-electron chi connectivity index (χ1n) is 9.96. The van der Waals surface area contributed by atoms with Gasteiger partial charge in [0.2, 0.25) is 5.91 Å². The van der Waals surface area contributed by atoms with E-state index in [9.17, 15) is 9.59 Å². The number of esters is 1. The van der Waals surface area contributed by atoms with Crippen molar-refractivity contribution in [2.45, 2.75) is 57.1 Å². The van der Waals surface area contributed by atoms with Crippen molar-refractivity contribution < 1.29 is 14.3 Å². The fourth-order valence-electron chi connectivity index (χ4n) is 4.83. The van der Waals surface area contributed by atoms with Crippen LogP contribution in [0.15, 0.2) is 30.3 Å². The number of nitrogens with zero attached hydrogens (tertiary/aromatic N) is 1. The molecule has 1 aromatic rings. The molecular weight excluding hydrogens is 328 g/mol. The molecule has 0 aromatic heterocycles. The lowest BCUT2D eigenvalue weighted by Crippen LogP contribution is -2.48. The van der Waals surface area contributed by atoms with Gasteiger partial charge in [0, 0.05) is 19.1 Å². The summed E-state index contributed by atoms with van der Waals surface area (Å²) in [6, 6.07) is 9.48. The Kier molecular flexibility index (Phi) is 4.98. The van der Waals surface area contributed by atoms with Crippen molar-refractivity contribution in [1.82, 2.24) is 10.2 Å². The second-order valence-electron chi connectivity index (χ2n) is 8.01. The molecule has 1 atom stereocenters. The first-order valence-corrected chi connectivity index (χ1v) is 9.96. The zero-order valence-corrected chi connectivity index (χ0v) is 15.3. The topological polar surface area (TPSA) is 58.6 Å². The first-order chi connectivity index (χ1) is 12.7. The Bertz CT molecular complexity index is 646. The maximum absolute atomic E-state index is 13.0. The van der Waals surface area contributed by atoms with Crippen LogP contribution < -0.4 is 5.32 Å². The van der Waals surface area contributed by atoms with Gasteiger partial charge in [0.25, 0.3) is 0 Å². The van der Waals surface area contributed by atoms with Gasteiger partial charge >= 0.3 is 5.97 Å². The van der Waals surface area contributed by atoms with Crippen molar-refractivity contribution in [3.8, 4) is 0 Å². The number of benzene rings is 1. The van der Waals surface area contributed by atoms with Crippen LogP contribution in [0.4, 0.5) is 0 Å². The number of carbonyl (C=O) groups is 2. The zero-order valence-electron chi connectivity index (χ0n) is 15.3. The van der Waals surface area contributed by atoms with Gasteiger partial charge in [-0.2, -0.15) is 0 Å². The van der Waals surface area contributed by atoms with Crippen LogP contribution in [0.2, 0.25) is 0 Å². The fourth-order valence-corrected chi connectivity index (χ4v) is 4.83. The molecule has 1 spiro atoms. The number of likely N-dealkylation sites (tertiary alicyclic amines) is 1. The number of hydrogen-bond donors (Lipinski definition) is 1. The highest BCUT2D eigenvalue weighted by molar-refractivity contribution is 5.89. The van der Waals surface area contributed by atoms with Gasteiger partial charge in [0.15, 0.2) is 0 Å². The van der Waals surface area contributed by atoms with Gasteiger partial charge < -0.3 is 15.0 Å². The van der Waals surface area contributed by atoms with Crippen LogP contribution in [0.5, 0.6) is 0 Å². The molecule has 5 nitrogen and oxygen atoms in total. The van der Waals surface area contributed by atoms with Gasteiger partial charge in [-0.3, -0.25) is 4.79 Å². The molecule has 2 aliphatic heterocycles. The third-order valence-electron chi connectivity index (χ3n) is 6.39. The van der Waals surface area contributed by atoms with Gasteiger partial charge in [0.05, 0.1) is 11.0 Å². The van der Waals surface area contributed by atoms with Crippen LogP contribution in [-0.4, -0.2) is 48.6 Å². The van der Waals surface area contributed by atoms with Crippen LogP contribution in [-0.2, 0) is 9.53 Å². The first kappa shape index (κ1) is 17.5. The summed E-state index contributed by atoms with van der Waals surface area (Å²) >= 11 is 0. The van der Waals surface area contributed by atoms with E-state index >= 15 is 0 Å². The highest BCUT2D eigenvalue weighted by Crippen LogP contribution is 2.40. The minimum absolute atomic E-state index is 0.0260. The molecule has 0 bridgehead atoms. The van der Waals surface area contributed by atoms with Gasteiger partial charge in [0.1, 0.15) is 6.10 Å². The van der Waals surface area contributed by atoms with E-state index < -0.39 is 0 Å². The van der Waals surface area contributed by atoms with E-state index in [1.54, 1.807) is 12.1 Å². The van der Waals surface area contributed by atoms with E-state index in [0.29, 0.717) is 17.5 Å². The van der Waals surface area contributed by atoms with E-state index in [1.165, 1.54) is 0 Å². The van der Waals surface area contributed by atoms with Crippen LogP contribution in [0, 0.1) is 5.41 Å². The Balaban J connectivity index is 1.30. The molecule has 3 aliphatic rings. The van der Waals surface area contributed by atoms with Gasteiger partial charge in [-0.1, -0.05) is 18.2 Å². The summed E-state index contributed by atoms with van der Waals surface area (Å²) in [6.07, 6.45) is 6.64. The smallest absolute Gasteiger partial charge is 0.338 e. The van der Waals surface area contributed by atoms with E-state index in [4.69, 9.17) is 4.74 Å². The third-order valence-corrected chi connectivity index (χ3v) is 6.39. The average Bonchev–Trinajstić information content (AvgIpc) is 3.00. The summed E-state index contributed by atoms with van der Waals surface area (Å²) in [6.45, 7) is 2.76. The van der Waals surface area contributed by atoms with Crippen molar-refractivity contribution in [2.75, 3.05) is 19.6 Å². The lowest BCUT2D eigenvalue weighted by molar-refractivity contribution is -0.139. The molecule has 2 heterocycles. The van der Waals surface area contributed by atoms with E-state index in [1.807, 2.05) is 18.2 Å². The predicted molar refractivity (Wildman–Crippen MR) is 98.8 cm³/mol. The second-order valence-corrected chi connectivity index (χ2v) is 8.01. The maximum atomic E-state index is 13.0. The molecule has 0 unspecified atom stereocenters. The molecule has 1 N–H and O–H groups in total. The molecule has 0 radical (unpaired) electrons. The van der Waals surface area contributed by atoms with Crippen LogP contribution in [0.3, 0.4) is 0 Å². The molecule has 5 heteroatoms. The van der Waals surface area contributed by atoms with Gasteiger partial charge in [-0.05, 0) is 63.6 Å². The summed E-state index contributed by atoms with van der Waals surface area (Å²) in [5, 5.41) is 3.41. The molecule has 1 aromatic carbocycles. The molecular formula is C21H28N2O3. The Morgan fingerprint density at radius 1 is 1.12 bits per heavy atom. The van der Waals surface area contributed by atoms with Crippen molar-refractivity contribution in [3.05, 3.63) is 35.9 Å². The number of hydrogen-bond acceptors (Lipinski definition) is 4. The monoisotopic (exact) mass is 356 g/mol. The van der Waals surface area contributed by atoms with Crippen molar-refractivity contribution in [1.29, 1.82) is 0 Å². The number of rotatable bonds is 3. The van der Waals surface area contributed by atoms with E-state index in [2.05, 4.69) is 10.2 Å². The summed E-state index contributed by atoms with van der Waals surface area (Å²) in [5.41, 5.74) is 0.464. The molecule has 26 heavy (non-hydrogen) atoms. The summed E-state index contributed by atoms with van der Waals surface area (Å²) in [5.74, 6) is 0.118. The Morgan fingerprint density at radius 3 is 2.58 bits per heavy atom. The summed E-state index contributed by atoms with van der Waals surface area (Å²) in [7, 11) is 0. The fraction of sp³-hybridized carbons (Fsp3) is 0.619. The van der Waals surface area contributed by atoms with Crippen molar-refractivity contribution in [2.24, 2.45) is 5.41 Å². The molecule has 1 aliphatic carbocycles. The molecule has 4 rings (SSSR count). The third kappa shape index (κ3) is 3.37. The second kappa shape index (κ2) is 7.39. The van der Waals surface area contributed by atoms with E-state index in [0.717, 1.165) is 64.6 Å². The Labute approximate surface area is 155 Å². The minimum Gasteiger partial charge on any atom is -0.459 e. The number of amides is 1. The Morgan fingerprint density at radius 2 is 1.88 bits per heavy atom. The Hall–Kier alpha value is -1.88. The number of ether oxygens (including phenoxy) is 1. The molecule has 3 fully saturated rings. The SMILES string of the molecule is O=C(OC1CCC(N2CC[C@@]3(CCCNC3)C2=O)CC1)c1ccccc1. The minimum atomic E-state index is -0.237. The number of carbonyl (C=O) groups excluding carboxylic acids is 2. The highest BCUT2D eigenvalue weighted by Gasteiger charge is 2.49. The number of piperidine rings is 1. The van der Waals surface area contributed by atoms with Crippen LogP contribution in [0.1, 0.15) is 55.3 Å². The molecule has 2 saturated heterocycles. The summed E-state index contributed by atoms with van der Waals surface area (Å²) < 4.78 is 5.67. The van der Waals surface area contributed by atoms with Gasteiger partial charge in [-0.25, -0.2) is 4.79 Å². The normalized spacial score (nSPS) is 32.0. The van der Waals surface area contributed by atoms with Crippen LogP contribution in [0.25, 0.3) is 0 Å². The maximum Gasteiger partial charge on any atom is 0.338 e. The number of nitrogens with one attached hydrogen (secondary N) is 1. The zero-order chi connectivity index (χ0) is 18.0. The lowest BCUT2D eigenvalue weighted by Gasteiger charge is -2.37. The average molecular weight is 356 g/mol. The van der Waals surface area contributed by atoms with Gasteiger partial charge in [-0.15, -0.1) is 0 Å². The highest BCUT2D eigenvalue weighted by atomic mass is 16.5. The lowest BCUT2D eigenvalue weighted by atomic mass is 9.79. The quantitative estimate of drug-likeness (QED) is 0.846. The predicted octanol–water partition coefficient (Wildman–Crippen LogP) is 2.76.